The lowest BCUT2D eigenvalue weighted by atomic mass is 9.74. The summed E-state index contributed by atoms with van der Waals surface area (Å²) in [7, 11) is 0. The number of benzene rings is 2. The second-order valence-electron chi connectivity index (χ2n) is 6.83. The van der Waals surface area contributed by atoms with Crippen LogP contribution in [-0.4, -0.2) is 29.7 Å². The molecule has 2 aromatic rings. The Morgan fingerprint density at radius 1 is 1.00 bits per heavy atom. The maximum atomic E-state index is 13.9. The zero-order valence-corrected chi connectivity index (χ0v) is 13.7. The van der Waals surface area contributed by atoms with Crippen LogP contribution in [0.25, 0.3) is 0 Å². The highest BCUT2D eigenvalue weighted by molar-refractivity contribution is 5.21. The third-order valence-corrected chi connectivity index (χ3v) is 5.08. The van der Waals surface area contributed by atoms with Crippen molar-refractivity contribution < 1.29 is 13.9 Å². The minimum absolute atomic E-state index is 0.0307. The molecule has 4 heteroatoms. The molecule has 0 radical (unpaired) electrons. The highest BCUT2D eigenvalue weighted by atomic mass is 19.1. The Labute approximate surface area is 141 Å². The molecule has 0 spiro atoms. The molecule has 1 heterocycles. The van der Waals surface area contributed by atoms with E-state index in [4.69, 9.17) is 0 Å². The molecule has 0 aliphatic carbocycles. The van der Waals surface area contributed by atoms with Gasteiger partial charge in [-0.05, 0) is 49.5 Å². The molecule has 128 valence electrons. The van der Waals surface area contributed by atoms with E-state index in [2.05, 4.69) is 17.0 Å². The van der Waals surface area contributed by atoms with Crippen LogP contribution in [0.15, 0.2) is 48.5 Å². The van der Waals surface area contributed by atoms with Gasteiger partial charge in [-0.1, -0.05) is 36.4 Å². The number of halogens is 2. The van der Waals surface area contributed by atoms with E-state index in [-0.39, 0.29) is 12.0 Å². The number of aliphatic hydroxyl groups is 1. The summed E-state index contributed by atoms with van der Waals surface area (Å²) in [5, 5.41) is 9.91. The predicted molar refractivity (Wildman–Crippen MR) is 90.5 cm³/mol. The van der Waals surface area contributed by atoms with Crippen molar-refractivity contribution in [1.82, 2.24) is 4.90 Å². The van der Waals surface area contributed by atoms with Crippen molar-refractivity contribution in [3.63, 3.8) is 0 Å². The number of rotatable bonds is 5. The molecule has 0 atom stereocenters. The van der Waals surface area contributed by atoms with Crippen molar-refractivity contribution in [3.8, 4) is 0 Å². The second-order valence-corrected chi connectivity index (χ2v) is 6.83. The lowest BCUT2D eigenvalue weighted by Gasteiger charge is -2.41. The lowest BCUT2D eigenvalue weighted by molar-refractivity contribution is 0.0407. The van der Waals surface area contributed by atoms with Crippen LogP contribution in [0.5, 0.6) is 0 Å². The summed E-state index contributed by atoms with van der Waals surface area (Å²) in [6, 6.07) is 14.0. The zero-order valence-electron chi connectivity index (χ0n) is 13.7. The second kappa shape index (κ2) is 7.41. The van der Waals surface area contributed by atoms with Gasteiger partial charge in [0.05, 0.1) is 0 Å². The van der Waals surface area contributed by atoms with Crippen LogP contribution in [-0.2, 0) is 13.0 Å². The maximum absolute atomic E-state index is 13.9. The average molecular weight is 331 g/mol. The van der Waals surface area contributed by atoms with Gasteiger partial charge >= 0.3 is 0 Å². The van der Waals surface area contributed by atoms with Crippen LogP contribution < -0.4 is 0 Å². The van der Waals surface area contributed by atoms with Crippen molar-refractivity contribution in [2.45, 2.75) is 25.8 Å². The third-order valence-electron chi connectivity index (χ3n) is 5.08. The van der Waals surface area contributed by atoms with E-state index in [1.165, 1.54) is 17.7 Å². The molecule has 1 aliphatic rings. The fourth-order valence-corrected chi connectivity index (χ4v) is 3.49. The summed E-state index contributed by atoms with van der Waals surface area (Å²) in [6.45, 7) is 2.67. The SMILES string of the molecule is OCC1(Cc2ccc(F)cc2F)CCN(Cc2ccccc2)CC1. The van der Waals surface area contributed by atoms with Crippen LogP contribution in [0.1, 0.15) is 24.0 Å². The van der Waals surface area contributed by atoms with E-state index in [0.29, 0.717) is 12.0 Å². The topological polar surface area (TPSA) is 23.5 Å². The highest BCUT2D eigenvalue weighted by Gasteiger charge is 2.34. The molecule has 0 bridgehead atoms. The normalized spacial score (nSPS) is 17.8. The van der Waals surface area contributed by atoms with E-state index in [0.717, 1.165) is 38.5 Å². The van der Waals surface area contributed by atoms with Gasteiger partial charge in [-0.15, -0.1) is 0 Å². The quantitative estimate of drug-likeness (QED) is 0.901. The lowest BCUT2D eigenvalue weighted by Crippen LogP contribution is -2.43. The molecular weight excluding hydrogens is 308 g/mol. The summed E-state index contributed by atoms with van der Waals surface area (Å²) < 4.78 is 27.0. The Bertz CT molecular complexity index is 667. The summed E-state index contributed by atoms with van der Waals surface area (Å²) >= 11 is 0. The van der Waals surface area contributed by atoms with Gasteiger partial charge in [0.25, 0.3) is 0 Å². The molecule has 24 heavy (non-hydrogen) atoms. The van der Waals surface area contributed by atoms with E-state index < -0.39 is 11.6 Å². The minimum Gasteiger partial charge on any atom is -0.396 e. The zero-order chi connectivity index (χ0) is 17.0. The molecule has 1 fully saturated rings. The van der Waals surface area contributed by atoms with Crippen LogP contribution >= 0.6 is 0 Å². The summed E-state index contributed by atoms with van der Waals surface area (Å²) in [4.78, 5) is 2.37. The van der Waals surface area contributed by atoms with Crippen molar-refractivity contribution in [2.75, 3.05) is 19.7 Å². The molecule has 0 aromatic heterocycles. The average Bonchev–Trinajstić information content (AvgIpc) is 2.60. The largest absolute Gasteiger partial charge is 0.396 e. The molecular formula is C20H23F2NO. The van der Waals surface area contributed by atoms with Crippen LogP contribution in [0.3, 0.4) is 0 Å². The number of hydrogen-bond donors (Lipinski definition) is 1. The highest BCUT2D eigenvalue weighted by Crippen LogP contribution is 2.35. The molecule has 0 saturated carbocycles. The fourth-order valence-electron chi connectivity index (χ4n) is 3.49. The summed E-state index contributed by atoms with van der Waals surface area (Å²) in [6.07, 6.45) is 2.08. The standard InChI is InChI=1S/C20H23F2NO/c21-18-7-6-17(19(22)12-18)13-20(15-24)8-10-23(11-9-20)14-16-4-2-1-3-5-16/h1-7,12,24H,8-11,13-15H2. The van der Waals surface area contributed by atoms with Crippen LogP contribution in [0.4, 0.5) is 8.78 Å². The molecule has 2 nitrogen and oxygen atoms in total. The summed E-state index contributed by atoms with van der Waals surface area (Å²) in [5.74, 6) is -1.08. The number of likely N-dealkylation sites (tertiary alicyclic amines) is 1. The van der Waals surface area contributed by atoms with Crippen LogP contribution in [0, 0.1) is 17.0 Å². The first kappa shape index (κ1) is 17.1. The maximum Gasteiger partial charge on any atom is 0.129 e. The molecule has 2 aromatic carbocycles. The molecule has 0 unspecified atom stereocenters. The predicted octanol–water partition coefficient (Wildman–Crippen LogP) is 3.78. The van der Waals surface area contributed by atoms with E-state index in [1.54, 1.807) is 0 Å². The first-order valence-electron chi connectivity index (χ1n) is 8.41. The van der Waals surface area contributed by atoms with Gasteiger partial charge in [0, 0.05) is 24.6 Å². The summed E-state index contributed by atoms with van der Waals surface area (Å²) in [5.41, 5.74) is 1.45. The van der Waals surface area contributed by atoms with Gasteiger partial charge in [0.2, 0.25) is 0 Å². The Morgan fingerprint density at radius 3 is 2.33 bits per heavy atom. The molecule has 0 amide bonds. The molecule has 1 N–H and O–H groups in total. The van der Waals surface area contributed by atoms with Gasteiger partial charge in [0.15, 0.2) is 0 Å². The number of piperidine rings is 1. The van der Waals surface area contributed by atoms with Gasteiger partial charge in [-0.25, -0.2) is 8.78 Å². The Hall–Kier alpha value is -1.78. The van der Waals surface area contributed by atoms with Crippen molar-refractivity contribution in [2.24, 2.45) is 5.41 Å². The van der Waals surface area contributed by atoms with Crippen molar-refractivity contribution in [3.05, 3.63) is 71.3 Å². The molecule has 1 saturated heterocycles. The van der Waals surface area contributed by atoms with Gasteiger partial charge < -0.3 is 5.11 Å². The fraction of sp³-hybridized carbons (Fsp3) is 0.400. The third kappa shape index (κ3) is 4.00. The van der Waals surface area contributed by atoms with Gasteiger partial charge in [0.1, 0.15) is 11.6 Å². The first-order chi connectivity index (χ1) is 11.6. The molecule has 1 aliphatic heterocycles. The monoisotopic (exact) mass is 331 g/mol. The Balaban J connectivity index is 1.63. The van der Waals surface area contributed by atoms with Crippen molar-refractivity contribution in [1.29, 1.82) is 0 Å². The van der Waals surface area contributed by atoms with Crippen LogP contribution in [0.2, 0.25) is 0 Å². The van der Waals surface area contributed by atoms with E-state index >= 15 is 0 Å². The van der Waals surface area contributed by atoms with Crippen molar-refractivity contribution >= 4 is 0 Å². The molecule has 3 rings (SSSR count). The Kier molecular flexibility index (Phi) is 5.27. The number of hydrogen-bond acceptors (Lipinski definition) is 2. The first-order valence-corrected chi connectivity index (χ1v) is 8.41. The minimum atomic E-state index is -0.563. The van der Waals surface area contributed by atoms with E-state index in [9.17, 15) is 13.9 Å². The smallest absolute Gasteiger partial charge is 0.129 e. The van der Waals surface area contributed by atoms with E-state index in [1.807, 2.05) is 18.2 Å². The number of nitrogens with zero attached hydrogens (tertiary/aromatic N) is 1. The number of aliphatic hydroxyl groups excluding tert-OH is 1. The Morgan fingerprint density at radius 2 is 1.71 bits per heavy atom. The van der Waals surface area contributed by atoms with Gasteiger partial charge in [-0.2, -0.15) is 0 Å². The van der Waals surface area contributed by atoms with Gasteiger partial charge in [-0.3, -0.25) is 4.90 Å².